The molecule has 1 aliphatic heterocycles. The Hall–Kier alpha value is -3.04. The van der Waals surface area contributed by atoms with Crippen LogP contribution < -0.4 is 4.74 Å². The van der Waals surface area contributed by atoms with Gasteiger partial charge in [-0.2, -0.15) is 5.26 Å². The molecule has 5 nitrogen and oxygen atoms in total. The summed E-state index contributed by atoms with van der Waals surface area (Å²) in [5.41, 5.74) is 1.63. The lowest BCUT2D eigenvalue weighted by atomic mass is 9.94. The van der Waals surface area contributed by atoms with Crippen LogP contribution in [0.1, 0.15) is 37.7 Å². The number of amidine groups is 1. The third-order valence-electron chi connectivity index (χ3n) is 5.26. The van der Waals surface area contributed by atoms with E-state index in [0.717, 1.165) is 42.1 Å². The predicted molar refractivity (Wildman–Crippen MR) is 120 cm³/mol. The summed E-state index contributed by atoms with van der Waals surface area (Å²) in [4.78, 5) is 20.7. The van der Waals surface area contributed by atoms with Gasteiger partial charge in [0.1, 0.15) is 11.8 Å². The lowest BCUT2D eigenvalue weighted by Gasteiger charge is -2.30. The number of carbonyl (C=O) groups is 1. The predicted octanol–water partition coefficient (Wildman–Crippen LogP) is 5.53. The van der Waals surface area contributed by atoms with E-state index in [1.54, 1.807) is 0 Å². The fourth-order valence-corrected chi connectivity index (χ4v) is 4.87. The summed E-state index contributed by atoms with van der Waals surface area (Å²) in [6.45, 7) is -0.0316. The first-order valence-electron chi connectivity index (χ1n) is 10.2. The van der Waals surface area contributed by atoms with Crippen LogP contribution in [0.5, 0.6) is 5.75 Å². The number of hydrogen-bond donors (Lipinski definition) is 0. The second-order valence-electron chi connectivity index (χ2n) is 7.29. The molecule has 1 amide bonds. The summed E-state index contributed by atoms with van der Waals surface area (Å²) in [5, 5.41) is 9.56. The zero-order valence-electron chi connectivity index (χ0n) is 16.7. The standard InChI is InChI=1S/C24H23N3O2S/c25-15-16-29-21-14-8-7-9-18(21)17-22-23(28)27(20-12-5-2-6-13-20)24(30-22)26-19-10-3-1-4-11-19/h1,3-4,7-11,14,17,20H,2,5-6,12-13,16H2/b22-17-,26-24?. The fourth-order valence-electron chi connectivity index (χ4n) is 3.82. The smallest absolute Gasteiger partial charge is 0.267 e. The fraction of sp³-hybridized carbons (Fsp3) is 0.292. The number of nitriles is 1. The van der Waals surface area contributed by atoms with Crippen LogP contribution in [0.2, 0.25) is 0 Å². The van der Waals surface area contributed by atoms with Crippen molar-refractivity contribution in [3.63, 3.8) is 0 Å². The monoisotopic (exact) mass is 417 g/mol. The van der Waals surface area contributed by atoms with Crippen molar-refractivity contribution < 1.29 is 9.53 Å². The van der Waals surface area contributed by atoms with Crippen LogP contribution in [0, 0.1) is 11.3 Å². The molecule has 0 atom stereocenters. The summed E-state index contributed by atoms with van der Waals surface area (Å²) < 4.78 is 5.53. The average molecular weight is 418 g/mol. The Morgan fingerprint density at radius 1 is 1.10 bits per heavy atom. The summed E-state index contributed by atoms with van der Waals surface area (Å²) >= 11 is 1.41. The van der Waals surface area contributed by atoms with Gasteiger partial charge in [0.25, 0.3) is 5.91 Å². The Bertz CT molecular complexity index is 1000. The minimum atomic E-state index is -0.0316. The number of para-hydroxylation sites is 2. The number of thioether (sulfide) groups is 1. The van der Waals surface area contributed by atoms with Crippen LogP contribution in [-0.2, 0) is 4.79 Å². The summed E-state index contributed by atoms with van der Waals surface area (Å²) in [5.74, 6) is 0.592. The third-order valence-corrected chi connectivity index (χ3v) is 6.24. The van der Waals surface area contributed by atoms with Crippen molar-refractivity contribution in [3.05, 3.63) is 65.1 Å². The SMILES string of the molecule is N#CCOc1ccccc1/C=C1\SC(=Nc2ccccc2)N(C2CCCCC2)C1=O. The van der Waals surface area contributed by atoms with E-state index in [2.05, 4.69) is 0 Å². The van der Waals surface area contributed by atoms with E-state index in [4.69, 9.17) is 15.0 Å². The second-order valence-corrected chi connectivity index (χ2v) is 8.30. The molecule has 0 unspecified atom stereocenters. The lowest BCUT2D eigenvalue weighted by Crippen LogP contribution is -2.40. The number of rotatable bonds is 5. The third kappa shape index (κ3) is 4.58. The van der Waals surface area contributed by atoms with Crippen molar-refractivity contribution in [2.45, 2.75) is 38.1 Å². The quantitative estimate of drug-likeness (QED) is 0.600. The van der Waals surface area contributed by atoms with Gasteiger partial charge >= 0.3 is 0 Å². The van der Waals surface area contributed by atoms with Crippen molar-refractivity contribution in [3.8, 4) is 11.8 Å². The van der Waals surface area contributed by atoms with E-state index < -0.39 is 0 Å². The molecule has 1 aliphatic carbocycles. The first-order valence-corrected chi connectivity index (χ1v) is 11.0. The van der Waals surface area contributed by atoms with Crippen molar-refractivity contribution in [1.29, 1.82) is 5.26 Å². The molecule has 30 heavy (non-hydrogen) atoms. The van der Waals surface area contributed by atoms with Crippen molar-refractivity contribution >= 4 is 34.6 Å². The Morgan fingerprint density at radius 2 is 1.83 bits per heavy atom. The molecule has 6 heteroatoms. The summed E-state index contributed by atoms with van der Waals surface area (Å²) in [6, 6.07) is 19.4. The van der Waals surface area contributed by atoms with E-state index in [-0.39, 0.29) is 18.6 Å². The molecule has 4 rings (SSSR count). The molecule has 1 heterocycles. The molecule has 0 N–H and O–H groups in total. The minimum Gasteiger partial charge on any atom is -0.478 e. The number of amides is 1. The minimum absolute atomic E-state index is 0.00309. The number of nitrogens with zero attached hydrogens (tertiary/aromatic N) is 3. The van der Waals surface area contributed by atoms with Crippen LogP contribution in [0.4, 0.5) is 5.69 Å². The molecule has 1 saturated heterocycles. The molecule has 0 spiro atoms. The van der Waals surface area contributed by atoms with Gasteiger partial charge in [0.15, 0.2) is 11.8 Å². The average Bonchev–Trinajstić information content (AvgIpc) is 3.09. The van der Waals surface area contributed by atoms with Gasteiger partial charge in [-0.05, 0) is 48.9 Å². The first-order chi connectivity index (χ1) is 14.8. The Morgan fingerprint density at radius 3 is 2.60 bits per heavy atom. The van der Waals surface area contributed by atoms with Crippen LogP contribution in [0.3, 0.4) is 0 Å². The van der Waals surface area contributed by atoms with Gasteiger partial charge in [0.05, 0.1) is 10.6 Å². The highest BCUT2D eigenvalue weighted by Gasteiger charge is 2.38. The number of carbonyl (C=O) groups excluding carboxylic acids is 1. The highest BCUT2D eigenvalue weighted by molar-refractivity contribution is 8.18. The Kier molecular flexibility index (Phi) is 6.50. The van der Waals surface area contributed by atoms with E-state index in [1.165, 1.54) is 18.2 Å². The maximum absolute atomic E-state index is 13.4. The first kappa shape index (κ1) is 20.2. The number of ether oxygens (including phenoxy) is 1. The van der Waals surface area contributed by atoms with E-state index in [0.29, 0.717) is 10.7 Å². The lowest BCUT2D eigenvalue weighted by molar-refractivity contribution is -0.124. The van der Waals surface area contributed by atoms with Crippen LogP contribution in [0.25, 0.3) is 6.08 Å². The molecule has 0 aromatic heterocycles. The maximum atomic E-state index is 13.4. The normalized spacial score (nSPS) is 20.0. The highest BCUT2D eigenvalue weighted by Crippen LogP contribution is 2.39. The van der Waals surface area contributed by atoms with Crippen molar-refractivity contribution in [2.75, 3.05) is 6.61 Å². The summed E-state index contributed by atoms with van der Waals surface area (Å²) in [6.07, 6.45) is 7.37. The second kappa shape index (κ2) is 9.64. The number of aliphatic imine (C=N–C) groups is 1. The van der Waals surface area contributed by atoms with Gasteiger partial charge in [-0.3, -0.25) is 9.69 Å². The number of hydrogen-bond acceptors (Lipinski definition) is 5. The summed E-state index contributed by atoms with van der Waals surface area (Å²) in [7, 11) is 0. The molecular formula is C24H23N3O2S. The van der Waals surface area contributed by atoms with Crippen LogP contribution in [-0.4, -0.2) is 28.6 Å². The van der Waals surface area contributed by atoms with Crippen molar-refractivity contribution in [1.82, 2.24) is 4.90 Å². The molecule has 2 fully saturated rings. The Balaban J connectivity index is 1.69. The van der Waals surface area contributed by atoms with Gasteiger partial charge in [-0.1, -0.05) is 55.7 Å². The highest BCUT2D eigenvalue weighted by atomic mass is 32.2. The zero-order chi connectivity index (χ0) is 20.8. The molecule has 1 saturated carbocycles. The topological polar surface area (TPSA) is 65.7 Å². The molecular weight excluding hydrogens is 394 g/mol. The molecule has 0 bridgehead atoms. The Labute approximate surface area is 181 Å². The molecule has 2 aromatic rings. The van der Waals surface area contributed by atoms with Crippen LogP contribution in [0.15, 0.2) is 64.5 Å². The zero-order valence-corrected chi connectivity index (χ0v) is 17.5. The van der Waals surface area contributed by atoms with E-state index in [9.17, 15) is 4.79 Å². The van der Waals surface area contributed by atoms with Gasteiger partial charge in [-0.25, -0.2) is 4.99 Å². The van der Waals surface area contributed by atoms with Gasteiger partial charge < -0.3 is 4.74 Å². The van der Waals surface area contributed by atoms with E-state index >= 15 is 0 Å². The molecule has 0 radical (unpaired) electrons. The maximum Gasteiger partial charge on any atom is 0.267 e. The molecule has 2 aromatic carbocycles. The largest absolute Gasteiger partial charge is 0.478 e. The van der Waals surface area contributed by atoms with Gasteiger partial charge in [0.2, 0.25) is 0 Å². The number of benzene rings is 2. The van der Waals surface area contributed by atoms with Crippen molar-refractivity contribution in [2.24, 2.45) is 4.99 Å². The van der Waals surface area contributed by atoms with Gasteiger partial charge in [0, 0.05) is 11.6 Å². The van der Waals surface area contributed by atoms with Gasteiger partial charge in [-0.15, -0.1) is 0 Å². The molecule has 152 valence electrons. The van der Waals surface area contributed by atoms with E-state index in [1.807, 2.05) is 71.6 Å². The molecule has 2 aliphatic rings. The van der Waals surface area contributed by atoms with Crippen LogP contribution >= 0.6 is 11.8 Å².